The number of benzene rings is 1. The van der Waals surface area contributed by atoms with Gasteiger partial charge in [0.25, 0.3) is 5.91 Å². The van der Waals surface area contributed by atoms with Crippen LogP contribution in [-0.4, -0.2) is 42.0 Å². The Labute approximate surface area is 139 Å². The molecule has 1 heterocycles. The number of hydrogen-bond acceptors (Lipinski definition) is 6. The summed E-state index contributed by atoms with van der Waals surface area (Å²) in [4.78, 5) is 31.2. The van der Waals surface area contributed by atoms with E-state index in [2.05, 4.69) is 25.9 Å². The quantitative estimate of drug-likeness (QED) is 0.668. The standard InChI is InChI=1S/C16H19N5O3/c1-11(22)20-12-3-5-13(6-4-12)21-16(23)14-9-15(19-10-18-14)17-7-8-24-2/h3-6,9-10H,7-8H2,1-2H3,(H,20,22)(H,21,23)(H,17,18,19). The summed E-state index contributed by atoms with van der Waals surface area (Å²) in [5.74, 6) is 0.0500. The summed E-state index contributed by atoms with van der Waals surface area (Å²) >= 11 is 0. The Balaban J connectivity index is 1.98. The summed E-state index contributed by atoms with van der Waals surface area (Å²) in [5.41, 5.74) is 1.50. The monoisotopic (exact) mass is 329 g/mol. The van der Waals surface area contributed by atoms with Gasteiger partial charge in [0.2, 0.25) is 5.91 Å². The molecule has 24 heavy (non-hydrogen) atoms. The van der Waals surface area contributed by atoms with Gasteiger partial charge in [-0.1, -0.05) is 0 Å². The molecule has 3 N–H and O–H groups in total. The van der Waals surface area contributed by atoms with Gasteiger partial charge in [0.05, 0.1) is 6.61 Å². The zero-order valence-corrected chi connectivity index (χ0v) is 13.5. The summed E-state index contributed by atoms with van der Waals surface area (Å²) in [7, 11) is 1.61. The fraction of sp³-hybridized carbons (Fsp3) is 0.250. The Hall–Kier alpha value is -3.00. The van der Waals surface area contributed by atoms with Crippen molar-refractivity contribution in [1.82, 2.24) is 9.97 Å². The van der Waals surface area contributed by atoms with E-state index in [9.17, 15) is 9.59 Å². The second-order valence-corrected chi connectivity index (χ2v) is 4.92. The second kappa shape index (κ2) is 8.59. The van der Waals surface area contributed by atoms with Crippen LogP contribution in [0.5, 0.6) is 0 Å². The topological polar surface area (TPSA) is 105 Å². The van der Waals surface area contributed by atoms with Crippen LogP contribution in [0.3, 0.4) is 0 Å². The van der Waals surface area contributed by atoms with Gasteiger partial charge in [-0.3, -0.25) is 9.59 Å². The molecule has 1 aromatic carbocycles. The van der Waals surface area contributed by atoms with Crippen LogP contribution in [0.4, 0.5) is 17.2 Å². The lowest BCUT2D eigenvalue weighted by Gasteiger charge is -2.08. The largest absolute Gasteiger partial charge is 0.383 e. The minimum absolute atomic E-state index is 0.152. The lowest BCUT2D eigenvalue weighted by atomic mass is 10.2. The molecule has 0 radical (unpaired) electrons. The number of nitrogens with one attached hydrogen (secondary N) is 3. The smallest absolute Gasteiger partial charge is 0.274 e. The van der Waals surface area contributed by atoms with Crippen LogP contribution in [0, 0.1) is 0 Å². The van der Waals surface area contributed by atoms with Gasteiger partial charge in [0.1, 0.15) is 17.8 Å². The van der Waals surface area contributed by atoms with Crippen LogP contribution in [0.1, 0.15) is 17.4 Å². The summed E-state index contributed by atoms with van der Waals surface area (Å²) in [5, 5.41) is 8.43. The van der Waals surface area contributed by atoms with E-state index in [-0.39, 0.29) is 17.5 Å². The number of carbonyl (C=O) groups excluding carboxylic acids is 2. The van der Waals surface area contributed by atoms with E-state index in [0.717, 1.165) is 0 Å². The first-order valence-electron chi connectivity index (χ1n) is 7.32. The third-order valence-corrected chi connectivity index (χ3v) is 2.98. The molecule has 0 aliphatic rings. The highest BCUT2D eigenvalue weighted by molar-refractivity contribution is 6.03. The molecule has 8 nitrogen and oxygen atoms in total. The second-order valence-electron chi connectivity index (χ2n) is 4.92. The Kier molecular flexibility index (Phi) is 6.21. The van der Waals surface area contributed by atoms with Crippen molar-refractivity contribution < 1.29 is 14.3 Å². The van der Waals surface area contributed by atoms with Gasteiger partial charge in [-0.15, -0.1) is 0 Å². The minimum Gasteiger partial charge on any atom is -0.383 e. The molecule has 8 heteroatoms. The van der Waals surface area contributed by atoms with Gasteiger partial charge in [-0.2, -0.15) is 0 Å². The molecule has 0 fully saturated rings. The molecule has 2 aromatic rings. The molecule has 126 valence electrons. The molecular formula is C16H19N5O3. The van der Waals surface area contributed by atoms with Crippen LogP contribution in [0.2, 0.25) is 0 Å². The highest BCUT2D eigenvalue weighted by Gasteiger charge is 2.09. The maximum Gasteiger partial charge on any atom is 0.274 e. The molecule has 0 atom stereocenters. The summed E-state index contributed by atoms with van der Waals surface area (Å²) in [6, 6.07) is 8.37. The molecule has 0 bridgehead atoms. The first kappa shape index (κ1) is 17.4. The van der Waals surface area contributed by atoms with Crippen LogP contribution in [0.25, 0.3) is 0 Å². The fourth-order valence-corrected chi connectivity index (χ4v) is 1.89. The molecular weight excluding hydrogens is 310 g/mol. The first-order valence-corrected chi connectivity index (χ1v) is 7.32. The highest BCUT2D eigenvalue weighted by Crippen LogP contribution is 2.14. The lowest BCUT2D eigenvalue weighted by Crippen LogP contribution is -2.15. The number of aromatic nitrogens is 2. The van der Waals surface area contributed by atoms with Crippen LogP contribution in [-0.2, 0) is 9.53 Å². The Morgan fingerprint density at radius 1 is 1.08 bits per heavy atom. The van der Waals surface area contributed by atoms with E-state index in [1.165, 1.54) is 13.3 Å². The summed E-state index contributed by atoms with van der Waals surface area (Å²) < 4.78 is 4.94. The number of rotatable bonds is 7. The molecule has 2 rings (SSSR count). The van der Waals surface area contributed by atoms with Gasteiger partial charge in [0, 0.05) is 38.0 Å². The van der Waals surface area contributed by atoms with Gasteiger partial charge >= 0.3 is 0 Å². The number of carbonyl (C=O) groups is 2. The van der Waals surface area contributed by atoms with E-state index < -0.39 is 0 Å². The third-order valence-electron chi connectivity index (χ3n) is 2.98. The average molecular weight is 329 g/mol. The SMILES string of the molecule is COCCNc1cc(C(=O)Nc2ccc(NC(C)=O)cc2)ncn1. The molecule has 0 saturated carbocycles. The number of ether oxygens (including phenoxy) is 1. The molecule has 1 aromatic heterocycles. The van der Waals surface area contributed by atoms with E-state index >= 15 is 0 Å². The van der Waals surface area contributed by atoms with Crippen molar-refractivity contribution in [1.29, 1.82) is 0 Å². The Morgan fingerprint density at radius 2 is 1.75 bits per heavy atom. The van der Waals surface area contributed by atoms with Crippen molar-refractivity contribution in [2.75, 3.05) is 36.2 Å². The number of anilines is 3. The minimum atomic E-state index is -0.348. The van der Waals surface area contributed by atoms with Crippen molar-refractivity contribution in [3.05, 3.63) is 42.4 Å². The predicted octanol–water partition coefficient (Wildman–Crippen LogP) is 1.75. The van der Waals surface area contributed by atoms with Gasteiger partial charge < -0.3 is 20.7 Å². The molecule has 0 aliphatic carbocycles. The zero-order chi connectivity index (χ0) is 17.4. The number of nitrogens with zero attached hydrogens (tertiary/aromatic N) is 2. The van der Waals surface area contributed by atoms with Crippen molar-refractivity contribution in [3.63, 3.8) is 0 Å². The summed E-state index contributed by atoms with van der Waals surface area (Å²) in [6.07, 6.45) is 1.32. The fourth-order valence-electron chi connectivity index (χ4n) is 1.89. The zero-order valence-electron chi connectivity index (χ0n) is 13.5. The van der Waals surface area contributed by atoms with Crippen molar-refractivity contribution in [3.8, 4) is 0 Å². The maximum atomic E-state index is 12.2. The van der Waals surface area contributed by atoms with Gasteiger partial charge in [-0.25, -0.2) is 9.97 Å². The molecule has 2 amide bonds. The normalized spacial score (nSPS) is 10.1. The number of amides is 2. The molecule has 0 aliphatic heterocycles. The van der Waals surface area contributed by atoms with Crippen molar-refractivity contribution >= 4 is 29.0 Å². The molecule has 0 spiro atoms. The molecule has 0 saturated heterocycles. The van der Waals surface area contributed by atoms with Gasteiger partial charge in [-0.05, 0) is 24.3 Å². The Morgan fingerprint density at radius 3 is 2.38 bits per heavy atom. The van der Waals surface area contributed by atoms with Crippen LogP contribution >= 0.6 is 0 Å². The van der Waals surface area contributed by atoms with Crippen LogP contribution < -0.4 is 16.0 Å². The Bertz CT molecular complexity index is 703. The van der Waals surface area contributed by atoms with Gasteiger partial charge in [0.15, 0.2) is 0 Å². The first-order chi connectivity index (χ1) is 11.6. The highest BCUT2D eigenvalue weighted by atomic mass is 16.5. The maximum absolute atomic E-state index is 12.2. The van der Waals surface area contributed by atoms with E-state index in [0.29, 0.717) is 30.3 Å². The van der Waals surface area contributed by atoms with Crippen molar-refractivity contribution in [2.24, 2.45) is 0 Å². The third kappa shape index (κ3) is 5.33. The van der Waals surface area contributed by atoms with E-state index in [4.69, 9.17) is 4.74 Å². The van der Waals surface area contributed by atoms with E-state index in [1.54, 1.807) is 37.4 Å². The number of methoxy groups -OCH3 is 1. The molecule has 0 unspecified atom stereocenters. The summed E-state index contributed by atoms with van der Waals surface area (Å²) in [6.45, 7) is 2.55. The predicted molar refractivity (Wildman–Crippen MR) is 91.1 cm³/mol. The average Bonchev–Trinajstić information content (AvgIpc) is 2.57. The number of hydrogen-bond donors (Lipinski definition) is 3. The lowest BCUT2D eigenvalue weighted by molar-refractivity contribution is -0.114. The van der Waals surface area contributed by atoms with Crippen LogP contribution in [0.15, 0.2) is 36.7 Å². The van der Waals surface area contributed by atoms with E-state index in [1.807, 2.05) is 0 Å². The van der Waals surface area contributed by atoms with Crippen molar-refractivity contribution in [2.45, 2.75) is 6.92 Å².